The van der Waals surface area contributed by atoms with Gasteiger partial charge in [0, 0.05) is 24.8 Å². The van der Waals surface area contributed by atoms with Gasteiger partial charge >= 0.3 is 5.97 Å². The van der Waals surface area contributed by atoms with E-state index in [0.29, 0.717) is 11.5 Å². The van der Waals surface area contributed by atoms with Gasteiger partial charge in [-0.25, -0.2) is 4.79 Å². The summed E-state index contributed by atoms with van der Waals surface area (Å²) >= 11 is 0. The summed E-state index contributed by atoms with van der Waals surface area (Å²) in [5.74, 6) is 0.258. The van der Waals surface area contributed by atoms with E-state index in [9.17, 15) is 4.79 Å². The van der Waals surface area contributed by atoms with Gasteiger partial charge in [-0.05, 0) is 31.0 Å². The van der Waals surface area contributed by atoms with E-state index in [1.165, 1.54) is 7.11 Å². The molecular weight excluding hydrogens is 230 g/mol. The van der Waals surface area contributed by atoms with Crippen LogP contribution in [0.3, 0.4) is 0 Å². The van der Waals surface area contributed by atoms with Crippen molar-refractivity contribution < 1.29 is 14.3 Å². The molecule has 1 aromatic carbocycles. The zero-order valence-electron chi connectivity index (χ0n) is 10.9. The van der Waals surface area contributed by atoms with Crippen LogP contribution in [0.15, 0.2) is 18.2 Å². The highest BCUT2D eigenvalue weighted by Crippen LogP contribution is 2.19. The van der Waals surface area contributed by atoms with E-state index in [-0.39, 0.29) is 5.97 Å². The molecule has 1 unspecified atom stereocenters. The van der Waals surface area contributed by atoms with Crippen molar-refractivity contribution in [3.63, 3.8) is 0 Å². The number of nitrogens with one attached hydrogen (secondary N) is 1. The third-order valence-corrected chi connectivity index (χ3v) is 3.26. The fourth-order valence-electron chi connectivity index (χ4n) is 2.06. The number of anilines is 1. The molecule has 0 spiro atoms. The lowest BCUT2D eigenvalue weighted by Gasteiger charge is -2.13. The average Bonchev–Trinajstić information content (AvgIpc) is 2.90. The molecule has 2 rings (SSSR count). The first kappa shape index (κ1) is 12.9. The van der Waals surface area contributed by atoms with Crippen molar-refractivity contribution in [1.29, 1.82) is 0 Å². The third-order valence-electron chi connectivity index (χ3n) is 3.26. The fourth-order valence-corrected chi connectivity index (χ4v) is 2.06. The Bertz CT molecular complexity index is 425. The SMILES string of the molecule is COC(=O)c1ccc(C)c(NCC2CCOC2)c1. The maximum atomic E-state index is 11.5. The second-order valence-electron chi connectivity index (χ2n) is 4.63. The van der Waals surface area contributed by atoms with Gasteiger partial charge in [-0.15, -0.1) is 0 Å². The van der Waals surface area contributed by atoms with E-state index in [4.69, 9.17) is 9.47 Å². The molecule has 1 saturated heterocycles. The second-order valence-corrected chi connectivity index (χ2v) is 4.63. The van der Waals surface area contributed by atoms with Crippen molar-refractivity contribution in [2.75, 3.05) is 32.2 Å². The van der Waals surface area contributed by atoms with Crippen molar-refractivity contribution in [1.82, 2.24) is 0 Å². The summed E-state index contributed by atoms with van der Waals surface area (Å²) in [6.07, 6.45) is 1.10. The number of esters is 1. The predicted octanol–water partition coefficient (Wildman–Crippen LogP) is 2.23. The van der Waals surface area contributed by atoms with Crippen LogP contribution in [-0.4, -0.2) is 32.8 Å². The van der Waals surface area contributed by atoms with E-state index in [0.717, 1.165) is 37.4 Å². The van der Waals surface area contributed by atoms with Crippen molar-refractivity contribution in [2.45, 2.75) is 13.3 Å². The molecule has 1 heterocycles. The van der Waals surface area contributed by atoms with Crippen molar-refractivity contribution in [3.8, 4) is 0 Å². The first-order valence-electron chi connectivity index (χ1n) is 6.21. The molecule has 1 aliphatic heterocycles. The highest BCUT2D eigenvalue weighted by atomic mass is 16.5. The Labute approximate surface area is 107 Å². The molecule has 0 radical (unpaired) electrons. The molecule has 0 bridgehead atoms. The third kappa shape index (κ3) is 3.01. The Morgan fingerprint density at radius 1 is 1.56 bits per heavy atom. The van der Waals surface area contributed by atoms with Crippen molar-refractivity contribution >= 4 is 11.7 Å². The van der Waals surface area contributed by atoms with Gasteiger partial charge in [-0.2, -0.15) is 0 Å². The van der Waals surface area contributed by atoms with Gasteiger partial charge in [0.15, 0.2) is 0 Å². The number of ether oxygens (including phenoxy) is 2. The summed E-state index contributed by atoms with van der Waals surface area (Å²) in [7, 11) is 1.39. The first-order chi connectivity index (χ1) is 8.70. The number of carbonyl (C=O) groups is 1. The molecule has 1 N–H and O–H groups in total. The van der Waals surface area contributed by atoms with E-state index in [1.807, 2.05) is 19.1 Å². The number of rotatable bonds is 4. The zero-order valence-corrected chi connectivity index (χ0v) is 10.9. The number of benzene rings is 1. The first-order valence-corrected chi connectivity index (χ1v) is 6.21. The van der Waals surface area contributed by atoms with E-state index in [1.54, 1.807) is 6.07 Å². The van der Waals surface area contributed by atoms with Gasteiger partial charge in [-0.3, -0.25) is 0 Å². The molecule has 4 nitrogen and oxygen atoms in total. The molecule has 98 valence electrons. The maximum Gasteiger partial charge on any atom is 0.337 e. The summed E-state index contributed by atoms with van der Waals surface area (Å²) in [5, 5.41) is 3.39. The van der Waals surface area contributed by atoms with Crippen LogP contribution in [-0.2, 0) is 9.47 Å². The van der Waals surface area contributed by atoms with E-state index in [2.05, 4.69) is 5.32 Å². The Hall–Kier alpha value is -1.55. The summed E-state index contributed by atoms with van der Waals surface area (Å²) in [5.41, 5.74) is 2.69. The highest BCUT2D eigenvalue weighted by molar-refractivity contribution is 5.90. The predicted molar refractivity (Wildman–Crippen MR) is 69.9 cm³/mol. The number of carbonyl (C=O) groups excluding carboxylic acids is 1. The summed E-state index contributed by atoms with van der Waals surface area (Å²) in [6, 6.07) is 5.56. The lowest BCUT2D eigenvalue weighted by molar-refractivity contribution is 0.0601. The molecule has 1 atom stereocenters. The average molecular weight is 249 g/mol. The zero-order chi connectivity index (χ0) is 13.0. The molecular formula is C14H19NO3. The lowest BCUT2D eigenvalue weighted by atomic mass is 10.1. The van der Waals surface area contributed by atoms with E-state index >= 15 is 0 Å². The van der Waals surface area contributed by atoms with Crippen LogP contribution in [0.1, 0.15) is 22.3 Å². The Balaban J connectivity index is 2.03. The molecule has 0 amide bonds. The number of hydrogen-bond donors (Lipinski definition) is 1. The lowest BCUT2D eigenvalue weighted by Crippen LogP contribution is -2.15. The Morgan fingerprint density at radius 2 is 2.39 bits per heavy atom. The maximum absolute atomic E-state index is 11.5. The van der Waals surface area contributed by atoms with Gasteiger partial charge in [-0.1, -0.05) is 6.07 Å². The van der Waals surface area contributed by atoms with Crippen LogP contribution in [0.2, 0.25) is 0 Å². The van der Waals surface area contributed by atoms with Gasteiger partial charge < -0.3 is 14.8 Å². The summed E-state index contributed by atoms with van der Waals surface area (Å²) in [4.78, 5) is 11.5. The van der Waals surface area contributed by atoms with Crippen LogP contribution in [0, 0.1) is 12.8 Å². The molecule has 4 heteroatoms. The minimum atomic E-state index is -0.303. The molecule has 0 aliphatic carbocycles. The van der Waals surface area contributed by atoms with Gasteiger partial charge in [0.2, 0.25) is 0 Å². The van der Waals surface area contributed by atoms with Gasteiger partial charge in [0.25, 0.3) is 0 Å². The molecule has 1 aliphatic rings. The highest BCUT2D eigenvalue weighted by Gasteiger charge is 2.15. The minimum Gasteiger partial charge on any atom is -0.465 e. The molecule has 1 fully saturated rings. The number of aryl methyl sites for hydroxylation is 1. The summed E-state index contributed by atoms with van der Waals surface area (Å²) in [6.45, 7) is 4.58. The minimum absolute atomic E-state index is 0.303. The quantitative estimate of drug-likeness (QED) is 0.831. The van der Waals surface area contributed by atoms with Crippen LogP contribution >= 0.6 is 0 Å². The molecule has 18 heavy (non-hydrogen) atoms. The van der Waals surface area contributed by atoms with Crippen LogP contribution in [0.4, 0.5) is 5.69 Å². The Morgan fingerprint density at radius 3 is 3.06 bits per heavy atom. The largest absolute Gasteiger partial charge is 0.465 e. The Kier molecular flexibility index (Phi) is 4.20. The topological polar surface area (TPSA) is 47.6 Å². The van der Waals surface area contributed by atoms with Crippen molar-refractivity contribution in [2.24, 2.45) is 5.92 Å². The molecule has 0 aromatic heterocycles. The summed E-state index contributed by atoms with van der Waals surface area (Å²) < 4.78 is 10.1. The second kappa shape index (κ2) is 5.87. The van der Waals surface area contributed by atoms with Crippen molar-refractivity contribution in [3.05, 3.63) is 29.3 Å². The monoisotopic (exact) mass is 249 g/mol. The van der Waals surface area contributed by atoms with E-state index < -0.39 is 0 Å². The number of hydrogen-bond acceptors (Lipinski definition) is 4. The fraction of sp³-hybridized carbons (Fsp3) is 0.500. The number of methoxy groups -OCH3 is 1. The smallest absolute Gasteiger partial charge is 0.337 e. The van der Waals surface area contributed by atoms with Crippen LogP contribution in [0.25, 0.3) is 0 Å². The van der Waals surface area contributed by atoms with Gasteiger partial charge in [0.05, 0.1) is 19.3 Å². The van der Waals surface area contributed by atoms with Crippen LogP contribution in [0.5, 0.6) is 0 Å². The normalized spacial score (nSPS) is 18.7. The van der Waals surface area contributed by atoms with Crippen LogP contribution < -0.4 is 5.32 Å². The van der Waals surface area contributed by atoms with Gasteiger partial charge in [0.1, 0.15) is 0 Å². The molecule has 1 aromatic rings. The standard InChI is InChI=1S/C14H19NO3/c1-10-3-4-12(14(16)17-2)7-13(10)15-8-11-5-6-18-9-11/h3-4,7,11,15H,5-6,8-9H2,1-2H3. The molecule has 0 saturated carbocycles.